The van der Waals surface area contributed by atoms with Crippen LogP contribution in [-0.2, 0) is 21.4 Å². The molecule has 150 valence electrons. The van der Waals surface area contributed by atoms with Crippen LogP contribution in [0.3, 0.4) is 0 Å². The van der Waals surface area contributed by atoms with Gasteiger partial charge in [-0.3, -0.25) is 18.9 Å². The number of hydrogen-bond acceptors (Lipinski definition) is 6. The molecule has 0 spiro atoms. The number of rotatable bonds is 5. The summed E-state index contributed by atoms with van der Waals surface area (Å²) in [6.45, 7) is 3.90. The summed E-state index contributed by atoms with van der Waals surface area (Å²) in [5.74, 6) is 0.317. The molecule has 0 saturated carbocycles. The van der Waals surface area contributed by atoms with Crippen LogP contribution in [0.2, 0.25) is 0 Å². The van der Waals surface area contributed by atoms with E-state index < -0.39 is 16.1 Å². The highest BCUT2D eigenvalue weighted by Crippen LogP contribution is 2.23. The van der Waals surface area contributed by atoms with E-state index >= 15 is 0 Å². The minimum atomic E-state index is -3.66. The molecule has 1 atom stereocenters. The summed E-state index contributed by atoms with van der Waals surface area (Å²) in [5, 5.41) is 11.0. The number of amides is 1. The highest BCUT2D eigenvalue weighted by Gasteiger charge is 2.32. The van der Waals surface area contributed by atoms with Crippen molar-refractivity contribution in [3.8, 4) is 0 Å². The largest absolute Gasteiger partial charge is 0.347 e. The number of fused-ring (bicyclic) bond motifs is 2. The van der Waals surface area contributed by atoms with Gasteiger partial charge in [0.05, 0.1) is 11.4 Å². The lowest BCUT2D eigenvalue weighted by Gasteiger charge is -2.17. The second-order valence-corrected chi connectivity index (χ2v) is 8.68. The van der Waals surface area contributed by atoms with Crippen LogP contribution in [0.5, 0.6) is 0 Å². The van der Waals surface area contributed by atoms with Crippen molar-refractivity contribution in [2.24, 2.45) is 10.9 Å². The van der Waals surface area contributed by atoms with Crippen LogP contribution in [0.25, 0.3) is 5.65 Å². The van der Waals surface area contributed by atoms with Crippen LogP contribution in [0.4, 0.5) is 0 Å². The fourth-order valence-corrected chi connectivity index (χ4v) is 4.40. The number of benzene rings is 1. The van der Waals surface area contributed by atoms with Gasteiger partial charge in [0.2, 0.25) is 5.91 Å². The van der Waals surface area contributed by atoms with Gasteiger partial charge >= 0.3 is 0 Å². The SMILES string of the molecule is CC(C)[C@H](N=C1NS(=O)(=O)c2ccccc21)C(=O)NCc1nnc2ccccn12. The van der Waals surface area contributed by atoms with Gasteiger partial charge in [-0.2, -0.15) is 0 Å². The van der Waals surface area contributed by atoms with Crippen molar-refractivity contribution in [1.82, 2.24) is 24.6 Å². The Morgan fingerprint density at radius 2 is 1.93 bits per heavy atom. The average Bonchev–Trinajstić information content (AvgIpc) is 3.23. The molecule has 4 rings (SSSR count). The van der Waals surface area contributed by atoms with Gasteiger partial charge in [-0.25, -0.2) is 8.42 Å². The summed E-state index contributed by atoms with van der Waals surface area (Å²) in [6.07, 6.45) is 1.82. The number of amidine groups is 1. The molecule has 0 aliphatic carbocycles. The molecule has 1 aromatic carbocycles. The maximum atomic E-state index is 12.8. The molecule has 9 nitrogen and oxygen atoms in total. The van der Waals surface area contributed by atoms with Crippen LogP contribution in [-0.4, -0.2) is 40.8 Å². The van der Waals surface area contributed by atoms with E-state index in [1.54, 1.807) is 22.6 Å². The molecule has 3 heterocycles. The molecule has 3 aromatic rings. The molecule has 0 unspecified atom stereocenters. The summed E-state index contributed by atoms with van der Waals surface area (Å²) in [4.78, 5) is 17.4. The van der Waals surface area contributed by atoms with Crippen LogP contribution in [0.1, 0.15) is 25.2 Å². The van der Waals surface area contributed by atoms with E-state index in [0.29, 0.717) is 17.0 Å². The number of hydrogen-bond donors (Lipinski definition) is 2. The summed E-state index contributed by atoms with van der Waals surface area (Å²) < 4.78 is 28.8. The van der Waals surface area contributed by atoms with Gasteiger partial charge < -0.3 is 5.32 Å². The zero-order valence-electron chi connectivity index (χ0n) is 15.9. The normalized spacial score (nSPS) is 17.3. The van der Waals surface area contributed by atoms with Gasteiger partial charge in [-0.05, 0) is 30.2 Å². The lowest BCUT2D eigenvalue weighted by atomic mass is 10.0. The van der Waals surface area contributed by atoms with Crippen molar-refractivity contribution in [1.29, 1.82) is 0 Å². The topological polar surface area (TPSA) is 118 Å². The predicted octanol–water partition coefficient (Wildman–Crippen LogP) is 1.11. The van der Waals surface area contributed by atoms with Gasteiger partial charge in [0, 0.05) is 11.8 Å². The minimum absolute atomic E-state index is 0.144. The zero-order valence-corrected chi connectivity index (χ0v) is 16.7. The van der Waals surface area contributed by atoms with Gasteiger partial charge in [0.15, 0.2) is 11.5 Å². The lowest BCUT2D eigenvalue weighted by molar-refractivity contribution is -0.123. The first-order valence-corrected chi connectivity index (χ1v) is 10.6. The number of sulfonamides is 1. The fourth-order valence-electron chi connectivity index (χ4n) is 3.16. The number of nitrogens with zero attached hydrogens (tertiary/aromatic N) is 4. The van der Waals surface area contributed by atoms with Gasteiger partial charge in [-0.1, -0.05) is 32.0 Å². The maximum absolute atomic E-state index is 12.8. The number of nitrogens with one attached hydrogen (secondary N) is 2. The van der Waals surface area contributed by atoms with E-state index in [2.05, 4.69) is 25.2 Å². The Hall–Kier alpha value is -3.27. The molecule has 2 aromatic heterocycles. The number of carbonyl (C=O) groups excluding carboxylic acids is 1. The minimum Gasteiger partial charge on any atom is -0.347 e. The second-order valence-electron chi connectivity index (χ2n) is 7.03. The Kier molecular flexibility index (Phi) is 4.79. The third-order valence-electron chi connectivity index (χ3n) is 4.64. The Morgan fingerprint density at radius 3 is 2.72 bits per heavy atom. The molecule has 0 saturated heterocycles. The quantitative estimate of drug-likeness (QED) is 0.651. The Bertz CT molecular complexity index is 1220. The van der Waals surface area contributed by atoms with Crippen molar-refractivity contribution in [3.05, 3.63) is 60.0 Å². The summed E-state index contributed by atoms with van der Waals surface area (Å²) in [5.41, 5.74) is 1.16. The first-order valence-electron chi connectivity index (χ1n) is 9.13. The van der Waals surface area contributed by atoms with E-state index in [4.69, 9.17) is 0 Å². The maximum Gasteiger partial charge on any atom is 0.263 e. The first kappa shape index (κ1) is 19.1. The van der Waals surface area contributed by atoms with Crippen LogP contribution >= 0.6 is 0 Å². The molecule has 29 heavy (non-hydrogen) atoms. The number of aromatic nitrogens is 3. The molecule has 2 N–H and O–H groups in total. The van der Waals surface area contributed by atoms with Gasteiger partial charge in [0.25, 0.3) is 10.0 Å². The summed E-state index contributed by atoms with van der Waals surface area (Å²) in [7, 11) is -3.66. The molecule has 0 fully saturated rings. The molecule has 10 heteroatoms. The van der Waals surface area contributed by atoms with E-state index in [-0.39, 0.29) is 29.1 Å². The van der Waals surface area contributed by atoms with Crippen LogP contribution in [0.15, 0.2) is 58.5 Å². The standard InChI is InChI=1S/C19H20N6O3S/c1-12(2)17(21-18-13-7-3-4-8-14(13)29(27,28)24-18)19(26)20-11-16-23-22-15-9-5-6-10-25(15)16/h3-10,12,17H,11H2,1-2H3,(H,20,26)(H,21,24)/t17-/m0/s1. The van der Waals surface area contributed by atoms with Crippen LogP contribution in [0, 0.1) is 5.92 Å². The van der Waals surface area contributed by atoms with Crippen molar-refractivity contribution in [2.45, 2.75) is 31.3 Å². The molecule has 1 aliphatic rings. The number of carbonyl (C=O) groups is 1. The fraction of sp³-hybridized carbons (Fsp3) is 0.263. The van der Waals surface area contributed by atoms with E-state index in [1.807, 2.05) is 38.2 Å². The van der Waals surface area contributed by atoms with E-state index in [9.17, 15) is 13.2 Å². The highest BCUT2D eigenvalue weighted by atomic mass is 32.2. The van der Waals surface area contributed by atoms with E-state index in [1.165, 1.54) is 6.07 Å². The monoisotopic (exact) mass is 412 g/mol. The Labute approximate surface area is 167 Å². The molecule has 0 radical (unpaired) electrons. The van der Waals surface area contributed by atoms with Gasteiger partial charge in [-0.15, -0.1) is 10.2 Å². The van der Waals surface area contributed by atoms with Crippen molar-refractivity contribution in [2.75, 3.05) is 0 Å². The molecule has 0 bridgehead atoms. The summed E-state index contributed by atoms with van der Waals surface area (Å²) >= 11 is 0. The molecule has 1 aliphatic heterocycles. The Morgan fingerprint density at radius 1 is 1.17 bits per heavy atom. The number of pyridine rings is 1. The Balaban J connectivity index is 1.57. The molecular weight excluding hydrogens is 392 g/mol. The summed E-state index contributed by atoms with van der Waals surface area (Å²) in [6, 6.07) is 11.3. The highest BCUT2D eigenvalue weighted by molar-refractivity contribution is 7.90. The van der Waals surface area contributed by atoms with Crippen molar-refractivity contribution < 1.29 is 13.2 Å². The lowest BCUT2D eigenvalue weighted by Crippen LogP contribution is -2.38. The first-order chi connectivity index (χ1) is 13.9. The van der Waals surface area contributed by atoms with Crippen molar-refractivity contribution >= 4 is 27.4 Å². The van der Waals surface area contributed by atoms with Gasteiger partial charge in [0.1, 0.15) is 11.9 Å². The van der Waals surface area contributed by atoms with Crippen molar-refractivity contribution in [3.63, 3.8) is 0 Å². The third-order valence-corrected chi connectivity index (χ3v) is 6.03. The predicted molar refractivity (Wildman–Crippen MR) is 107 cm³/mol. The third kappa shape index (κ3) is 3.58. The zero-order chi connectivity index (χ0) is 20.6. The average molecular weight is 412 g/mol. The second kappa shape index (κ2) is 7.28. The number of aliphatic imine (C=N–C) groups is 1. The molecular formula is C19H20N6O3S. The van der Waals surface area contributed by atoms with Crippen LogP contribution < -0.4 is 10.0 Å². The van der Waals surface area contributed by atoms with E-state index in [0.717, 1.165) is 0 Å². The smallest absolute Gasteiger partial charge is 0.263 e. The molecule has 1 amide bonds.